The first-order chi connectivity index (χ1) is 7.90. The van der Waals surface area contributed by atoms with Crippen molar-refractivity contribution in [1.29, 1.82) is 0 Å². The van der Waals surface area contributed by atoms with E-state index >= 15 is 0 Å². The van der Waals surface area contributed by atoms with Gasteiger partial charge >= 0.3 is 0 Å². The Labute approximate surface area is 95.2 Å². The van der Waals surface area contributed by atoms with Crippen molar-refractivity contribution >= 4 is 0 Å². The summed E-state index contributed by atoms with van der Waals surface area (Å²) in [5, 5.41) is 8.68. The number of pyridine rings is 1. The predicted molar refractivity (Wildman–Crippen MR) is 58.9 cm³/mol. The van der Waals surface area contributed by atoms with Crippen LogP contribution in [0.1, 0.15) is 30.4 Å². The third kappa shape index (κ3) is 3.01. The summed E-state index contributed by atoms with van der Waals surface area (Å²) in [4.78, 5) is 4.33. The highest BCUT2D eigenvalue weighted by Crippen LogP contribution is 2.21. The molecule has 4 nitrogen and oxygen atoms in total. The van der Waals surface area contributed by atoms with Gasteiger partial charge in [0.1, 0.15) is 0 Å². The van der Waals surface area contributed by atoms with Gasteiger partial charge in [-0.3, -0.25) is 4.98 Å². The molecule has 1 N–H and O–H groups in total. The highest BCUT2D eigenvalue weighted by molar-refractivity contribution is 5.15. The summed E-state index contributed by atoms with van der Waals surface area (Å²) < 4.78 is 10.7. The number of aliphatic hydroxyl groups excluding tert-OH is 1. The van der Waals surface area contributed by atoms with Crippen LogP contribution in [0.15, 0.2) is 18.3 Å². The first kappa shape index (κ1) is 11.5. The molecule has 0 unspecified atom stereocenters. The van der Waals surface area contributed by atoms with Crippen molar-refractivity contribution in [1.82, 2.24) is 4.98 Å². The molecule has 0 radical (unpaired) electrons. The Hall–Kier alpha value is -0.970. The van der Waals surface area contributed by atoms with E-state index in [1.54, 1.807) is 0 Å². The van der Waals surface area contributed by atoms with Gasteiger partial charge in [-0.15, -0.1) is 0 Å². The molecular formula is C12H17NO3. The first-order valence-corrected chi connectivity index (χ1v) is 5.69. The molecule has 0 amide bonds. The molecule has 1 aromatic rings. The van der Waals surface area contributed by atoms with Crippen LogP contribution in [0.25, 0.3) is 0 Å². The third-order valence-electron chi connectivity index (χ3n) is 2.58. The molecule has 0 aromatic carbocycles. The summed E-state index contributed by atoms with van der Waals surface area (Å²) in [6, 6.07) is 4.00. The minimum Gasteiger partial charge on any atom is -0.396 e. The molecule has 1 aliphatic rings. The maximum absolute atomic E-state index is 8.68. The van der Waals surface area contributed by atoms with Gasteiger partial charge in [0.2, 0.25) is 6.29 Å². The molecule has 2 heterocycles. The fraction of sp³-hybridized carbons (Fsp3) is 0.583. The summed E-state index contributed by atoms with van der Waals surface area (Å²) in [6.45, 7) is 1.55. The van der Waals surface area contributed by atoms with Gasteiger partial charge in [-0.1, -0.05) is 6.07 Å². The molecule has 1 fully saturated rings. The first-order valence-electron chi connectivity index (χ1n) is 5.69. The molecule has 0 aliphatic carbocycles. The van der Waals surface area contributed by atoms with Crippen LogP contribution in [0.3, 0.4) is 0 Å². The van der Waals surface area contributed by atoms with Crippen molar-refractivity contribution in [3.8, 4) is 0 Å². The van der Waals surface area contributed by atoms with Crippen molar-refractivity contribution < 1.29 is 14.6 Å². The third-order valence-corrected chi connectivity index (χ3v) is 2.58. The minimum atomic E-state index is -0.286. The van der Waals surface area contributed by atoms with Gasteiger partial charge in [-0.05, 0) is 30.9 Å². The van der Waals surface area contributed by atoms with Crippen molar-refractivity contribution in [3.63, 3.8) is 0 Å². The van der Waals surface area contributed by atoms with Gasteiger partial charge in [0.25, 0.3) is 0 Å². The van der Waals surface area contributed by atoms with Gasteiger partial charge in [-0.25, -0.2) is 0 Å². The van der Waals surface area contributed by atoms with E-state index in [2.05, 4.69) is 4.98 Å². The van der Waals surface area contributed by atoms with Crippen molar-refractivity contribution in [2.24, 2.45) is 0 Å². The number of aliphatic hydroxyl groups is 1. The smallest absolute Gasteiger partial charge is 0.201 e. The van der Waals surface area contributed by atoms with Crippen LogP contribution in [0.4, 0.5) is 0 Å². The van der Waals surface area contributed by atoms with Crippen LogP contribution in [0, 0.1) is 0 Å². The number of hydrogen-bond acceptors (Lipinski definition) is 4. The predicted octanol–water partition coefficient (Wildman–Crippen LogP) is 1.44. The maximum atomic E-state index is 8.68. The van der Waals surface area contributed by atoms with Gasteiger partial charge in [-0.2, -0.15) is 0 Å². The van der Waals surface area contributed by atoms with Crippen LogP contribution in [0.2, 0.25) is 0 Å². The van der Waals surface area contributed by atoms with Gasteiger partial charge in [0, 0.05) is 12.8 Å². The molecule has 0 atom stereocenters. The molecule has 0 spiro atoms. The Morgan fingerprint density at radius 2 is 2.06 bits per heavy atom. The molecule has 0 saturated carbocycles. The van der Waals surface area contributed by atoms with Gasteiger partial charge in [0.05, 0.1) is 18.9 Å². The van der Waals surface area contributed by atoms with Crippen LogP contribution in [-0.4, -0.2) is 29.9 Å². The molecule has 0 bridgehead atoms. The summed E-state index contributed by atoms with van der Waals surface area (Å²) in [6.07, 6.45) is 4.37. The van der Waals surface area contributed by atoms with E-state index in [9.17, 15) is 0 Å². The van der Waals surface area contributed by atoms with E-state index in [0.29, 0.717) is 13.2 Å². The number of ether oxygens (including phenoxy) is 2. The Kier molecular flexibility index (Phi) is 4.27. The van der Waals surface area contributed by atoms with Crippen LogP contribution < -0.4 is 0 Å². The molecule has 1 aliphatic heterocycles. The standard InChI is InChI=1S/C12H17NO3/c14-6-2-1-3-10-4-5-11(13-9-10)12-15-7-8-16-12/h4-5,9,12,14H,1-3,6-8H2. The zero-order valence-electron chi connectivity index (χ0n) is 9.26. The topological polar surface area (TPSA) is 51.6 Å². The van der Waals surface area contributed by atoms with E-state index in [1.165, 1.54) is 5.56 Å². The molecular weight excluding hydrogens is 206 g/mol. The van der Waals surface area contributed by atoms with Crippen LogP contribution >= 0.6 is 0 Å². The summed E-state index contributed by atoms with van der Waals surface area (Å²) >= 11 is 0. The molecule has 16 heavy (non-hydrogen) atoms. The molecule has 88 valence electrons. The Balaban J connectivity index is 1.88. The number of aromatic nitrogens is 1. The number of hydrogen-bond donors (Lipinski definition) is 1. The fourth-order valence-corrected chi connectivity index (χ4v) is 1.69. The number of rotatable bonds is 5. The monoisotopic (exact) mass is 223 g/mol. The lowest BCUT2D eigenvalue weighted by Crippen LogP contribution is -2.01. The average Bonchev–Trinajstić information content (AvgIpc) is 2.84. The second kappa shape index (κ2) is 5.94. The SMILES string of the molecule is OCCCCc1ccc(C2OCCO2)nc1. The highest BCUT2D eigenvalue weighted by atomic mass is 16.7. The minimum absolute atomic E-state index is 0.259. The average molecular weight is 223 g/mol. The number of aryl methyl sites for hydroxylation is 1. The highest BCUT2D eigenvalue weighted by Gasteiger charge is 2.18. The summed E-state index contributed by atoms with van der Waals surface area (Å²) in [7, 11) is 0. The largest absolute Gasteiger partial charge is 0.396 e. The normalized spacial score (nSPS) is 16.8. The lowest BCUT2D eigenvalue weighted by molar-refractivity contribution is -0.0473. The van der Waals surface area contributed by atoms with Gasteiger partial charge < -0.3 is 14.6 Å². The van der Waals surface area contributed by atoms with E-state index in [4.69, 9.17) is 14.6 Å². The molecule has 1 aromatic heterocycles. The Bertz CT molecular complexity index is 307. The zero-order chi connectivity index (χ0) is 11.2. The van der Waals surface area contributed by atoms with E-state index < -0.39 is 0 Å². The Morgan fingerprint density at radius 3 is 2.69 bits per heavy atom. The Morgan fingerprint density at radius 1 is 1.25 bits per heavy atom. The number of unbranched alkanes of at least 4 members (excludes halogenated alkanes) is 1. The van der Waals surface area contributed by atoms with Crippen molar-refractivity contribution in [2.45, 2.75) is 25.6 Å². The van der Waals surface area contributed by atoms with Crippen molar-refractivity contribution in [2.75, 3.05) is 19.8 Å². The van der Waals surface area contributed by atoms with E-state index in [0.717, 1.165) is 25.0 Å². The second-order valence-electron chi connectivity index (χ2n) is 3.85. The van der Waals surface area contributed by atoms with Gasteiger partial charge in [0.15, 0.2) is 0 Å². The van der Waals surface area contributed by atoms with E-state index in [1.807, 2.05) is 18.3 Å². The summed E-state index contributed by atoms with van der Waals surface area (Å²) in [5.74, 6) is 0. The fourth-order valence-electron chi connectivity index (χ4n) is 1.69. The second-order valence-corrected chi connectivity index (χ2v) is 3.85. The summed E-state index contributed by atoms with van der Waals surface area (Å²) in [5.41, 5.74) is 2.03. The lowest BCUT2D eigenvalue weighted by Gasteiger charge is -2.08. The molecule has 1 saturated heterocycles. The van der Waals surface area contributed by atoms with Crippen molar-refractivity contribution in [3.05, 3.63) is 29.6 Å². The maximum Gasteiger partial charge on any atom is 0.201 e. The zero-order valence-corrected chi connectivity index (χ0v) is 9.26. The van der Waals surface area contributed by atoms with E-state index in [-0.39, 0.29) is 12.9 Å². The number of nitrogens with zero attached hydrogens (tertiary/aromatic N) is 1. The molecule has 4 heteroatoms. The van der Waals surface area contributed by atoms with Crippen LogP contribution in [0.5, 0.6) is 0 Å². The molecule has 2 rings (SSSR count). The quantitative estimate of drug-likeness (QED) is 0.767. The lowest BCUT2D eigenvalue weighted by atomic mass is 10.1. The van der Waals surface area contributed by atoms with Crippen LogP contribution in [-0.2, 0) is 15.9 Å².